The maximum atomic E-state index is 12.3. The lowest BCUT2D eigenvalue weighted by molar-refractivity contribution is -0.115. The van der Waals surface area contributed by atoms with Gasteiger partial charge in [0.15, 0.2) is 5.16 Å². The van der Waals surface area contributed by atoms with E-state index >= 15 is 0 Å². The van der Waals surface area contributed by atoms with Crippen LogP contribution in [0.2, 0.25) is 0 Å². The zero-order valence-corrected chi connectivity index (χ0v) is 14.4. The van der Waals surface area contributed by atoms with Crippen molar-refractivity contribution < 1.29 is 4.79 Å². The Morgan fingerprint density at radius 3 is 2.75 bits per heavy atom. The third kappa shape index (κ3) is 4.02. The van der Waals surface area contributed by atoms with Crippen molar-refractivity contribution in [2.45, 2.75) is 23.4 Å². The summed E-state index contributed by atoms with van der Waals surface area (Å²) in [7, 11) is 1.95. The number of aromatic nitrogens is 3. The number of pyridine rings is 1. The molecule has 2 heterocycles. The number of hydrogen-bond acceptors (Lipinski definition) is 4. The molecule has 0 saturated carbocycles. The molecule has 0 spiro atoms. The van der Waals surface area contributed by atoms with E-state index in [0.717, 1.165) is 27.0 Å². The van der Waals surface area contributed by atoms with Crippen molar-refractivity contribution in [1.29, 1.82) is 0 Å². The second-order valence-electron chi connectivity index (χ2n) is 5.45. The Morgan fingerprint density at radius 2 is 2.04 bits per heavy atom. The molecule has 0 saturated heterocycles. The van der Waals surface area contributed by atoms with Gasteiger partial charge in [-0.25, -0.2) is 4.98 Å². The Bertz CT molecular complexity index is 842. The second kappa shape index (κ2) is 7.31. The van der Waals surface area contributed by atoms with E-state index in [0.29, 0.717) is 6.42 Å². The van der Waals surface area contributed by atoms with Gasteiger partial charge in [-0.15, -0.1) is 0 Å². The Labute approximate surface area is 145 Å². The molecule has 2 aromatic heterocycles. The number of amides is 1. The molecule has 24 heavy (non-hydrogen) atoms. The predicted octanol–water partition coefficient (Wildman–Crippen LogP) is 3.46. The zero-order chi connectivity index (χ0) is 16.9. The monoisotopic (exact) mass is 338 g/mol. The van der Waals surface area contributed by atoms with Crippen LogP contribution in [0.25, 0.3) is 0 Å². The summed E-state index contributed by atoms with van der Waals surface area (Å²) < 4.78 is 1.95. The summed E-state index contributed by atoms with van der Waals surface area (Å²) in [6, 6.07) is 11.6. The first-order valence-electron chi connectivity index (χ1n) is 7.57. The quantitative estimate of drug-likeness (QED) is 0.774. The fourth-order valence-corrected chi connectivity index (χ4v) is 3.08. The van der Waals surface area contributed by atoms with Crippen molar-refractivity contribution in [3.63, 3.8) is 0 Å². The Hall–Kier alpha value is -2.60. The highest BCUT2D eigenvalue weighted by Gasteiger charge is 2.10. The summed E-state index contributed by atoms with van der Waals surface area (Å²) in [5.41, 5.74) is 2.62. The minimum Gasteiger partial charge on any atom is -0.329 e. The van der Waals surface area contributed by atoms with Crippen molar-refractivity contribution in [2.75, 3.05) is 5.32 Å². The van der Waals surface area contributed by atoms with Crippen LogP contribution in [0.15, 0.2) is 65.0 Å². The number of benzene rings is 1. The van der Waals surface area contributed by atoms with Crippen molar-refractivity contribution in [3.05, 3.63) is 66.2 Å². The van der Waals surface area contributed by atoms with E-state index < -0.39 is 0 Å². The smallest absolute Gasteiger partial charge is 0.228 e. The molecule has 1 N–H and O–H groups in total. The van der Waals surface area contributed by atoms with Crippen molar-refractivity contribution in [1.82, 2.24) is 14.5 Å². The van der Waals surface area contributed by atoms with Crippen LogP contribution in [-0.2, 0) is 18.3 Å². The van der Waals surface area contributed by atoms with Gasteiger partial charge in [0, 0.05) is 36.2 Å². The summed E-state index contributed by atoms with van der Waals surface area (Å²) in [6.07, 6.45) is 5.69. The molecule has 0 unspecified atom stereocenters. The lowest BCUT2D eigenvalue weighted by atomic mass is 10.2. The topological polar surface area (TPSA) is 59.8 Å². The first-order chi connectivity index (χ1) is 11.6. The van der Waals surface area contributed by atoms with E-state index in [1.54, 1.807) is 12.4 Å². The molecule has 1 aromatic carbocycles. The van der Waals surface area contributed by atoms with E-state index in [-0.39, 0.29) is 5.91 Å². The van der Waals surface area contributed by atoms with Crippen LogP contribution >= 0.6 is 11.8 Å². The summed E-state index contributed by atoms with van der Waals surface area (Å²) in [5.74, 6) is -0.0615. The molecule has 122 valence electrons. The van der Waals surface area contributed by atoms with E-state index in [4.69, 9.17) is 0 Å². The average Bonchev–Trinajstić information content (AvgIpc) is 2.96. The maximum absolute atomic E-state index is 12.3. The number of carbonyl (C=O) groups is 1. The molecule has 0 atom stereocenters. The predicted molar refractivity (Wildman–Crippen MR) is 95.1 cm³/mol. The van der Waals surface area contributed by atoms with E-state index in [1.165, 1.54) is 11.8 Å². The van der Waals surface area contributed by atoms with Crippen LogP contribution in [0.4, 0.5) is 5.69 Å². The summed E-state index contributed by atoms with van der Waals surface area (Å²) in [4.78, 5) is 21.8. The largest absolute Gasteiger partial charge is 0.329 e. The van der Waals surface area contributed by atoms with Crippen molar-refractivity contribution in [3.8, 4) is 0 Å². The number of carbonyl (C=O) groups excluding carboxylic acids is 1. The second-order valence-corrected chi connectivity index (χ2v) is 6.46. The number of hydrogen-bond donors (Lipinski definition) is 1. The molecule has 0 aliphatic heterocycles. The van der Waals surface area contributed by atoms with Crippen LogP contribution in [0.1, 0.15) is 11.3 Å². The third-order valence-corrected chi connectivity index (χ3v) is 4.63. The van der Waals surface area contributed by atoms with E-state index in [1.807, 2.05) is 61.1 Å². The zero-order valence-electron chi connectivity index (χ0n) is 13.6. The normalized spacial score (nSPS) is 10.6. The van der Waals surface area contributed by atoms with Gasteiger partial charge in [-0.1, -0.05) is 18.2 Å². The lowest BCUT2D eigenvalue weighted by Gasteiger charge is -2.10. The Balaban J connectivity index is 1.71. The van der Waals surface area contributed by atoms with Crippen molar-refractivity contribution >= 4 is 23.4 Å². The summed E-state index contributed by atoms with van der Waals surface area (Å²) in [5, 5.41) is 3.86. The minimum absolute atomic E-state index is 0.0615. The summed E-state index contributed by atoms with van der Waals surface area (Å²) >= 11 is 1.52. The molecular formula is C18H18N4OS. The maximum Gasteiger partial charge on any atom is 0.228 e. The summed E-state index contributed by atoms with van der Waals surface area (Å²) in [6.45, 7) is 1.93. The number of nitrogens with zero attached hydrogens (tertiary/aromatic N) is 3. The van der Waals surface area contributed by atoms with Gasteiger partial charge in [0.1, 0.15) is 0 Å². The molecule has 0 fully saturated rings. The third-order valence-electron chi connectivity index (χ3n) is 3.48. The highest BCUT2D eigenvalue weighted by atomic mass is 32.2. The molecule has 5 nitrogen and oxygen atoms in total. The van der Waals surface area contributed by atoms with Crippen LogP contribution in [0.3, 0.4) is 0 Å². The van der Waals surface area contributed by atoms with Gasteiger partial charge in [-0.3, -0.25) is 9.78 Å². The van der Waals surface area contributed by atoms with Gasteiger partial charge >= 0.3 is 0 Å². The molecular weight excluding hydrogens is 320 g/mol. The molecule has 6 heteroatoms. The average molecular weight is 338 g/mol. The fourth-order valence-electron chi connectivity index (χ4n) is 2.19. The first-order valence-corrected chi connectivity index (χ1v) is 8.39. The number of nitrogens with one attached hydrogen (secondary N) is 1. The van der Waals surface area contributed by atoms with Crippen LogP contribution < -0.4 is 5.32 Å². The Morgan fingerprint density at radius 1 is 1.21 bits per heavy atom. The SMILES string of the molecule is Cc1ccc(CC(=O)Nc2ccccc2Sc2nccn2C)cn1. The minimum atomic E-state index is -0.0615. The highest BCUT2D eigenvalue weighted by Crippen LogP contribution is 2.32. The van der Waals surface area contributed by atoms with Crippen molar-refractivity contribution in [2.24, 2.45) is 7.05 Å². The molecule has 0 aliphatic rings. The first kappa shape index (κ1) is 16.3. The van der Waals surface area contributed by atoms with Gasteiger partial charge in [0.25, 0.3) is 0 Å². The van der Waals surface area contributed by atoms with Gasteiger partial charge < -0.3 is 9.88 Å². The fraction of sp³-hybridized carbons (Fsp3) is 0.167. The van der Waals surface area contributed by atoms with Crippen LogP contribution in [0, 0.1) is 6.92 Å². The highest BCUT2D eigenvalue weighted by molar-refractivity contribution is 7.99. The lowest BCUT2D eigenvalue weighted by Crippen LogP contribution is -2.15. The molecule has 0 radical (unpaired) electrons. The molecule has 3 aromatic rings. The number of para-hydroxylation sites is 1. The van der Waals surface area contributed by atoms with Gasteiger partial charge in [-0.2, -0.15) is 0 Å². The molecule has 3 rings (SSSR count). The van der Waals surface area contributed by atoms with Gasteiger partial charge in [0.2, 0.25) is 5.91 Å². The molecule has 0 aliphatic carbocycles. The number of rotatable bonds is 5. The van der Waals surface area contributed by atoms with Crippen LogP contribution in [-0.4, -0.2) is 20.4 Å². The standard InChI is InChI=1S/C18H18N4OS/c1-13-7-8-14(12-20-13)11-17(23)21-15-5-3-4-6-16(15)24-18-19-9-10-22(18)2/h3-10,12H,11H2,1-2H3,(H,21,23). The number of imidazole rings is 1. The Kier molecular flexibility index (Phi) is 4.96. The number of aryl methyl sites for hydroxylation is 2. The van der Waals surface area contributed by atoms with Gasteiger partial charge in [0.05, 0.1) is 12.1 Å². The van der Waals surface area contributed by atoms with E-state index in [2.05, 4.69) is 15.3 Å². The molecule has 1 amide bonds. The number of anilines is 1. The van der Waals surface area contributed by atoms with Crippen LogP contribution in [0.5, 0.6) is 0 Å². The van der Waals surface area contributed by atoms with Gasteiger partial charge in [-0.05, 0) is 42.4 Å². The van der Waals surface area contributed by atoms with E-state index in [9.17, 15) is 4.79 Å². The molecule has 0 bridgehead atoms.